The molecule has 9 nitrogen and oxygen atoms in total. The number of rotatable bonds is 7. The first-order valence-corrected chi connectivity index (χ1v) is 10.6. The lowest BCUT2D eigenvalue weighted by molar-refractivity contribution is -0.113. The lowest BCUT2D eigenvalue weighted by Gasteiger charge is -2.07. The standard InChI is InChI=1S/C19H16N6O3S2/c1-25-11-20-24-19(25)30-10-16(26)21-13-5-2-4-12(8-13)17(27)23-18-22-14(9-29-18)15-6-3-7-28-15/h2-9,11H,10H2,1H3,(H,21,26)(H,22,23,27). The molecule has 0 atom stereocenters. The van der Waals surface area contributed by atoms with Gasteiger partial charge in [-0.25, -0.2) is 4.98 Å². The molecule has 1 aromatic carbocycles. The van der Waals surface area contributed by atoms with Crippen molar-refractivity contribution in [2.75, 3.05) is 16.4 Å². The Labute approximate surface area is 179 Å². The van der Waals surface area contributed by atoms with Crippen molar-refractivity contribution in [3.05, 3.63) is 59.9 Å². The summed E-state index contributed by atoms with van der Waals surface area (Å²) < 4.78 is 7.04. The number of thiazole rings is 1. The van der Waals surface area contributed by atoms with Gasteiger partial charge in [-0.3, -0.25) is 14.9 Å². The molecule has 11 heteroatoms. The van der Waals surface area contributed by atoms with Gasteiger partial charge in [-0.15, -0.1) is 21.5 Å². The quantitative estimate of drug-likeness (QED) is 0.423. The fraction of sp³-hybridized carbons (Fsp3) is 0.105. The first-order chi connectivity index (χ1) is 14.6. The molecular formula is C19H16N6O3S2. The van der Waals surface area contributed by atoms with Crippen LogP contribution in [-0.2, 0) is 11.8 Å². The summed E-state index contributed by atoms with van der Waals surface area (Å²) in [6.07, 6.45) is 3.14. The van der Waals surface area contributed by atoms with E-state index in [-0.39, 0.29) is 17.6 Å². The van der Waals surface area contributed by atoms with Gasteiger partial charge in [0.25, 0.3) is 5.91 Å². The van der Waals surface area contributed by atoms with E-state index in [9.17, 15) is 9.59 Å². The maximum atomic E-state index is 12.6. The lowest BCUT2D eigenvalue weighted by atomic mass is 10.2. The first kappa shape index (κ1) is 19.9. The number of nitrogens with one attached hydrogen (secondary N) is 2. The van der Waals surface area contributed by atoms with Crippen LogP contribution in [0.25, 0.3) is 11.5 Å². The molecule has 30 heavy (non-hydrogen) atoms. The Morgan fingerprint density at radius 2 is 2.13 bits per heavy atom. The predicted molar refractivity (Wildman–Crippen MR) is 115 cm³/mol. The van der Waals surface area contributed by atoms with Gasteiger partial charge in [-0.1, -0.05) is 17.8 Å². The summed E-state index contributed by atoms with van der Waals surface area (Å²) in [6.45, 7) is 0. The Bertz CT molecular complexity index is 1170. The van der Waals surface area contributed by atoms with Crippen molar-refractivity contribution < 1.29 is 14.0 Å². The molecule has 0 fully saturated rings. The van der Waals surface area contributed by atoms with E-state index >= 15 is 0 Å². The molecule has 0 unspecified atom stereocenters. The number of hydrogen-bond donors (Lipinski definition) is 2. The number of aromatic nitrogens is 4. The Morgan fingerprint density at radius 3 is 2.90 bits per heavy atom. The van der Waals surface area contributed by atoms with Crippen molar-refractivity contribution in [3.8, 4) is 11.5 Å². The van der Waals surface area contributed by atoms with Gasteiger partial charge in [0.15, 0.2) is 16.0 Å². The monoisotopic (exact) mass is 440 g/mol. The number of hydrogen-bond acceptors (Lipinski definition) is 8. The number of carbonyl (C=O) groups is 2. The zero-order chi connectivity index (χ0) is 20.9. The van der Waals surface area contributed by atoms with Gasteiger partial charge in [0, 0.05) is 23.7 Å². The van der Waals surface area contributed by atoms with Crippen LogP contribution in [0.3, 0.4) is 0 Å². The van der Waals surface area contributed by atoms with E-state index in [4.69, 9.17) is 4.42 Å². The highest BCUT2D eigenvalue weighted by Crippen LogP contribution is 2.25. The van der Waals surface area contributed by atoms with Gasteiger partial charge in [0.1, 0.15) is 12.0 Å². The van der Waals surface area contributed by atoms with Crippen LogP contribution in [0.5, 0.6) is 0 Å². The highest BCUT2D eigenvalue weighted by Gasteiger charge is 2.13. The van der Waals surface area contributed by atoms with Gasteiger partial charge in [0.2, 0.25) is 5.91 Å². The highest BCUT2D eigenvalue weighted by molar-refractivity contribution is 7.99. The fourth-order valence-electron chi connectivity index (χ4n) is 2.51. The van der Waals surface area contributed by atoms with E-state index in [0.717, 1.165) is 0 Å². The molecule has 2 N–H and O–H groups in total. The molecular weight excluding hydrogens is 424 g/mol. The zero-order valence-electron chi connectivity index (χ0n) is 15.7. The number of thioether (sulfide) groups is 1. The molecule has 0 aliphatic heterocycles. The van der Waals surface area contributed by atoms with Crippen LogP contribution >= 0.6 is 23.1 Å². The SMILES string of the molecule is Cn1cnnc1SCC(=O)Nc1cccc(C(=O)Nc2nc(-c3ccco3)cs2)c1. The first-order valence-electron chi connectivity index (χ1n) is 8.76. The number of amides is 2. The molecule has 0 saturated heterocycles. The van der Waals surface area contributed by atoms with Crippen LogP contribution < -0.4 is 10.6 Å². The summed E-state index contributed by atoms with van der Waals surface area (Å²) >= 11 is 2.58. The Hall–Kier alpha value is -3.44. The molecule has 0 aliphatic carbocycles. The summed E-state index contributed by atoms with van der Waals surface area (Å²) in [5.41, 5.74) is 1.59. The zero-order valence-corrected chi connectivity index (χ0v) is 17.4. The predicted octanol–water partition coefficient (Wildman–Crippen LogP) is 3.51. The summed E-state index contributed by atoms with van der Waals surface area (Å²) in [4.78, 5) is 29.1. The minimum atomic E-state index is -0.320. The van der Waals surface area contributed by atoms with Crippen LogP contribution in [0.4, 0.5) is 10.8 Å². The second-order valence-electron chi connectivity index (χ2n) is 6.11. The third kappa shape index (κ3) is 4.75. The molecule has 0 saturated carbocycles. The van der Waals surface area contributed by atoms with Crippen molar-refractivity contribution in [1.82, 2.24) is 19.7 Å². The molecule has 3 heterocycles. The highest BCUT2D eigenvalue weighted by atomic mass is 32.2. The molecule has 152 valence electrons. The summed E-state index contributed by atoms with van der Waals surface area (Å²) in [6, 6.07) is 10.3. The van der Waals surface area contributed by atoms with E-state index in [2.05, 4.69) is 25.8 Å². The summed E-state index contributed by atoms with van der Waals surface area (Å²) in [5, 5.41) is 16.2. The van der Waals surface area contributed by atoms with Gasteiger partial charge in [-0.05, 0) is 30.3 Å². The van der Waals surface area contributed by atoms with Crippen molar-refractivity contribution >= 4 is 45.7 Å². The number of aryl methyl sites for hydroxylation is 1. The third-order valence-corrected chi connectivity index (χ3v) is 5.70. The van der Waals surface area contributed by atoms with Crippen LogP contribution in [0, 0.1) is 0 Å². The van der Waals surface area contributed by atoms with Gasteiger partial charge < -0.3 is 14.3 Å². The maximum absolute atomic E-state index is 12.6. The lowest BCUT2D eigenvalue weighted by Crippen LogP contribution is -2.16. The molecule has 0 aliphatic rings. The molecule has 0 spiro atoms. The van der Waals surface area contributed by atoms with Crippen molar-refractivity contribution in [2.45, 2.75) is 5.16 Å². The van der Waals surface area contributed by atoms with Crippen LogP contribution in [-0.4, -0.2) is 37.3 Å². The van der Waals surface area contributed by atoms with E-state index in [1.165, 1.54) is 23.1 Å². The smallest absolute Gasteiger partial charge is 0.257 e. The van der Waals surface area contributed by atoms with Crippen LogP contribution in [0.1, 0.15) is 10.4 Å². The van der Waals surface area contributed by atoms with Crippen LogP contribution in [0.2, 0.25) is 0 Å². The molecule has 4 aromatic rings. The van der Waals surface area contributed by atoms with E-state index < -0.39 is 0 Å². The Kier molecular flexibility index (Phi) is 5.91. The second-order valence-corrected chi connectivity index (χ2v) is 7.91. The average molecular weight is 441 g/mol. The Balaban J connectivity index is 1.36. The molecule has 4 rings (SSSR count). The summed E-state index contributed by atoms with van der Waals surface area (Å²) in [5.74, 6) is 0.289. The number of furan rings is 1. The molecule has 3 aromatic heterocycles. The minimum Gasteiger partial charge on any atom is -0.463 e. The van der Waals surface area contributed by atoms with Crippen molar-refractivity contribution in [1.29, 1.82) is 0 Å². The number of nitrogens with zero attached hydrogens (tertiary/aromatic N) is 4. The molecule has 2 amide bonds. The number of benzene rings is 1. The van der Waals surface area contributed by atoms with Gasteiger partial charge >= 0.3 is 0 Å². The second kappa shape index (κ2) is 8.93. The van der Waals surface area contributed by atoms with Gasteiger partial charge in [-0.2, -0.15) is 0 Å². The fourth-order valence-corrected chi connectivity index (χ4v) is 3.89. The molecule has 0 bridgehead atoms. The molecule has 0 radical (unpaired) electrons. The van der Waals surface area contributed by atoms with E-state index in [0.29, 0.717) is 33.0 Å². The van der Waals surface area contributed by atoms with Gasteiger partial charge in [0.05, 0.1) is 12.0 Å². The average Bonchev–Trinajstić information content (AvgIpc) is 3.49. The van der Waals surface area contributed by atoms with Crippen molar-refractivity contribution in [2.24, 2.45) is 7.05 Å². The third-order valence-electron chi connectivity index (χ3n) is 3.91. The normalized spacial score (nSPS) is 10.7. The summed E-state index contributed by atoms with van der Waals surface area (Å²) in [7, 11) is 1.81. The van der Waals surface area contributed by atoms with E-state index in [1.54, 1.807) is 58.9 Å². The maximum Gasteiger partial charge on any atom is 0.257 e. The topological polar surface area (TPSA) is 115 Å². The number of anilines is 2. The van der Waals surface area contributed by atoms with E-state index in [1.807, 2.05) is 7.05 Å². The Morgan fingerprint density at radius 1 is 1.23 bits per heavy atom. The van der Waals surface area contributed by atoms with Crippen molar-refractivity contribution in [3.63, 3.8) is 0 Å². The minimum absolute atomic E-state index is 0.178. The van der Waals surface area contributed by atoms with Crippen LogP contribution in [0.15, 0.2) is 63.9 Å². The number of carbonyl (C=O) groups excluding carboxylic acids is 2. The largest absolute Gasteiger partial charge is 0.463 e.